The topological polar surface area (TPSA) is 61.0 Å². The van der Waals surface area contributed by atoms with Crippen LogP contribution >= 0.6 is 15.9 Å². The van der Waals surface area contributed by atoms with Gasteiger partial charge in [0.1, 0.15) is 6.20 Å². The maximum atomic E-state index is 10.4. The molecule has 1 saturated carbocycles. The van der Waals surface area contributed by atoms with Crippen molar-refractivity contribution in [3.63, 3.8) is 0 Å². The highest BCUT2D eigenvalue weighted by molar-refractivity contribution is 9.10. The lowest BCUT2D eigenvalue weighted by atomic mass is 10.4. The van der Waals surface area contributed by atoms with Crippen molar-refractivity contribution in [3.05, 3.63) is 21.0 Å². The normalized spacial score (nSPS) is 16.1. The number of hydrogen-bond acceptors (Lipinski definition) is 3. The van der Waals surface area contributed by atoms with E-state index in [1.807, 2.05) is 0 Å². The van der Waals surface area contributed by atoms with E-state index in [0.29, 0.717) is 10.7 Å². The largest absolute Gasteiger partial charge is 0.382 e. The van der Waals surface area contributed by atoms with Crippen LogP contribution in [0.15, 0.2) is 10.9 Å². The van der Waals surface area contributed by atoms with Gasteiger partial charge in [-0.05, 0) is 28.7 Å². The van der Waals surface area contributed by atoms with Gasteiger partial charge in [0.15, 0.2) is 0 Å². The van der Waals surface area contributed by atoms with E-state index in [2.05, 4.69) is 20.9 Å². The van der Waals surface area contributed by atoms with Crippen LogP contribution in [0.1, 0.15) is 12.8 Å². The second-order valence-electron chi connectivity index (χ2n) is 3.22. The molecule has 0 unspecified atom stereocenters. The Bertz CT molecular complexity index is 346. The van der Waals surface area contributed by atoms with E-state index in [-0.39, 0.29) is 5.82 Å². The van der Waals surface area contributed by atoms with Crippen molar-refractivity contribution in [2.45, 2.75) is 19.4 Å². The van der Waals surface area contributed by atoms with Gasteiger partial charge in [-0.15, -0.1) is 0 Å². The summed E-state index contributed by atoms with van der Waals surface area (Å²) in [5.41, 5.74) is 0. The second-order valence-corrected chi connectivity index (χ2v) is 3.93. The molecule has 0 saturated heterocycles. The Balaban J connectivity index is 2.18. The Morgan fingerprint density at radius 3 is 2.92 bits per heavy atom. The van der Waals surface area contributed by atoms with Crippen LogP contribution < -0.4 is 0 Å². The highest BCUT2D eigenvalue weighted by Crippen LogP contribution is 2.32. The number of halogens is 1. The minimum atomic E-state index is -0.478. The Morgan fingerprint density at radius 1 is 1.77 bits per heavy atom. The van der Waals surface area contributed by atoms with Gasteiger partial charge in [0.05, 0.1) is 0 Å². The number of nitro groups is 1. The van der Waals surface area contributed by atoms with Crippen LogP contribution in [0.5, 0.6) is 0 Å². The first kappa shape index (κ1) is 8.68. The fourth-order valence-corrected chi connectivity index (χ4v) is 1.60. The van der Waals surface area contributed by atoms with Crippen LogP contribution in [0.25, 0.3) is 0 Å². The molecule has 2 rings (SSSR count). The fourth-order valence-electron chi connectivity index (χ4n) is 1.17. The van der Waals surface area contributed by atoms with E-state index in [0.717, 1.165) is 6.54 Å². The van der Waals surface area contributed by atoms with Gasteiger partial charge in [0.2, 0.25) is 0 Å². The number of hydrogen-bond donors (Lipinski definition) is 0. The number of aromatic nitrogens is 2. The van der Waals surface area contributed by atoms with Gasteiger partial charge in [-0.2, -0.15) is 0 Å². The van der Waals surface area contributed by atoms with E-state index in [1.165, 1.54) is 19.0 Å². The molecular weight excluding hydrogens is 238 g/mol. The van der Waals surface area contributed by atoms with Gasteiger partial charge in [-0.1, -0.05) is 0 Å². The van der Waals surface area contributed by atoms with E-state index in [1.54, 1.807) is 4.57 Å². The van der Waals surface area contributed by atoms with Crippen molar-refractivity contribution >= 4 is 21.7 Å². The molecule has 0 amide bonds. The molecule has 1 fully saturated rings. The predicted octanol–water partition coefficient (Wildman–Crippen LogP) is 1.96. The van der Waals surface area contributed by atoms with Crippen molar-refractivity contribution in [2.75, 3.05) is 0 Å². The first-order valence-electron chi connectivity index (χ1n) is 4.04. The Hall–Kier alpha value is -0.910. The van der Waals surface area contributed by atoms with Gasteiger partial charge in [-0.3, -0.25) is 4.57 Å². The molecule has 0 radical (unpaired) electrons. The van der Waals surface area contributed by atoms with Crippen LogP contribution in [0, 0.1) is 16.0 Å². The fraction of sp³-hybridized carbons (Fsp3) is 0.571. The first-order chi connectivity index (χ1) is 6.16. The van der Waals surface area contributed by atoms with Crippen molar-refractivity contribution < 1.29 is 4.92 Å². The summed E-state index contributed by atoms with van der Waals surface area (Å²) in [4.78, 5) is 13.7. The maximum absolute atomic E-state index is 10.4. The molecule has 13 heavy (non-hydrogen) atoms. The van der Waals surface area contributed by atoms with Gasteiger partial charge in [0.25, 0.3) is 4.73 Å². The molecule has 0 N–H and O–H groups in total. The zero-order valence-electron chi connectivity index (χ0n) is 6.81. The molecule has 6 heteroatoms. The van der Waals surface area contributed by atoms with Crippen molar-refractivity contribution in [3.8, 4) is 0 Å². The van der Waals surface area contributed by atoms with Crippen LogP contribution in [-0.2, 0) is 6.54 Å². The molecule has 0 aromatic carbocycles. The standard InChI is InChI=1S/C7H8BrN3O2/c8-7-9-6(11(12)13)4-10(7)3-5-1-2-5/h4-5H,1-3H2. The first-order valence-corrected chi connectivity index (χ1v) is 4.83. The highest BCUT2D eigenvalue weighted by atomic mass is 79.9. The van der Waals surface area contributed by atoms with E-state index in [4.69, 9.17) is 0 Å². The summed E-state index contributed by atoms with van der Waals surface area (Å²) < 4.78 is 2.33. The smallest absolute Gasteiger partial charge is 0.358 e. The molecule has 0 spiro atoms. The quantitative estimate of drug-likeness (QED) is 0.605. The van der Waals surface area contributed by atoms with E-state index < -0.39 is 4.92 Å². The summed E-state index contributed by atoms with van der Waals surface area (Å²) in [6.45, 7) is 0.835. The average molecular weight is 246 g/mol. The van der Waals surface area contributed by atoms with Gasteiger partial charge >= 0.3 is 5.82 Å². The molecule has 0 aliphatic heterocycles. The lowest BCUT2D eigenvalue weighted by Crippen LogP contribution is -1.97. The summed E-state index contributed by atoms with van der Waals surface area (Å²) in [5, 5.41) is 10.4. The minimum Gasteiger partial charge on any atom is -0.358 e. The number of imidazole rings is 1. The third-order valence-electron chi connectivity index (χ3n) is 2.05. The summed E-state index contributed by atoms with van der Waals surface area (Å²) in [7, 11) is 0. The SMILES string of the molecule is O=[N+]([O-])c1cn(CC2CC2)c(Br)n1. The third kappa shape index (κ3) is 1.88. The molecule has 70 valence electrons. The Kier molecular flexibility index (Phi) is 2.07. The number of rotatable bonds is 3. The minimum absolute atomic E-state index is 0.0903. The molecule has 1 heterocycles. The third-order valence-corrected chi connectivity index (χ3v) is 2.69. The predicted molar refractivity (Wildman–Crippen MR) is 49.3 cm³/mol. The van der Waals surface area contributed by atoms with Crippen molar-refractivity contribution in [2.24, 2.45) is 5.92 Å². The van der Waals surface area contributed by atoms with E-state index >= 15 is 0 Å². The van der Waals surface area contributed by atoms with E-state index in [9.17, 15) is 10.1 Å². The zero-order valence-corrected chi connectivity index (χ0v) is 8.40. The molecular formula is C7H8BrN3O2. The lowest BCUT2D eigenvalue weighted by Gasteiger charge is -1.96. The monoisotopic (exact) mass is 245 g/mol. The molecule has 1 aromatic rings. The molecule has 5 nitrogen and oxygen atoms in total. The van der Waals surface area contributed by atoms with Crippen LogP contribution in [0.2, 0.25) is 0 Å². The molecule has 1 aromatic heterocycles. The lowest BCUT2D eigenvalue weighted by molar-refractivity contribution is -0.389. The summed E-state index contributed by atoms with van der Waals surface area (Å²) in [6.07, 6.45) is 3.92. The number of nitrogens with zero attached hydrogens (tertiary/aromatic N) is 3. The molecule has 0 atom stereocenters. The summed E-state index contributed by atoms with van der Waals surface area (Å²) >= 11 is 3.19. The summed E-state index contributed by atoms with van der Waals surface area (Å²) in [6, 6.07) is 0. The van der Waals surface area contributed by atoms with Gasteiger partial charge < -0.3 is 10.1 Å². The Morgan fingerprint density at radius 2 is 2.46 bits per heavy atom. The Labute approximate surface area is 83.0 Å². The van der Waals surface area contributed by atoms with Crippen LogP contribution in [0.4, 0.5) is 5.82 Å². The second kappa shape index (κ2) is 3.10. The molecule has 0 bridgehead atoms. The highest BCUT2D eigenvalue weighted by Gasteiger charge is 2.25. The molecule has 1 aliphatic rings. The van der Waals surface area contributed by atoms with Crippen molar-refractivity contribution in [1.29, 1.82) is 0 Å². The van der Waals surface area contributed by atoms with Crippen molar-refractivity contribution in [1.82, 2.24) is 9.55 Å². The average Bonchev–Trinajstić information content (AvgIpc) is 2.78. The zero-order chi connectivity index (χ0) is 9.42. The van der Waals surface area contributed by atoms with Gasteiger partial charge in [-0.25, -0.2) is 0 Å². The van der Waals surface area contributed by atoms with Crippen LogP contribution in [0.3, 0.4) is 0 Å². The maximum Gasteiger partial charge on any atom is 0.382 e. The summed E-state index contributed by atoms with van der Waals surface area (Å²) in [5.74, 6) is 0.595. The van der Waals surface area contributed by atoms with Crippen LogP contribution in [-0.4, -0.2) is 14.5 Å². The van der Waals surface area contributed by atoms with Gasteiger partial charge in [0, 0.05) is 22.5 Å². The molecule has 1 aliphatic carbocycles.